The normalized spacial score (nSPS) is 10.9. The first-order valence-corrected chi connectivity index (χ1v) is 7.44. The van der Waals surface area contributed by atoms with Gasteiger partial charge in [-0.2, -0.15) is 5.10 Å². The van der Waals surface area contributed by atoms with Crippen molar-refractivity contribution >= 4 is 28.1 Å². The number of carbonyl (C=O) groups excluding carboxylic acids is 1. The Morgan fingerprint density at radius 3 is 2.38 bits per heavy atom. The van der Waals surface area contributed by atoms with Gasteiger partial charge in [-0.25, -0.2) is 5.43 Å². The molecule has 1 N–H and O–H groups in total. The van der Waals surface area contributed by atoms with Gasteiger partial charge in [0.1, 0.15) is 0 Å². The van der Waals surface area contributed by atoms with E-state index in [0.717, 1.165) is 21.2 Å². The van der Waals surface area contributed by atoms with E-state index in [4.69, 9.17) is 0 Å². The van der Waals surface area contributed by atoms with Crippen LogP contribution in [0.15, 0.2) is 46.0 Å². The summed E-state index contributed by atoms with van der Waals surface area (Å²) in [6.45, 7) is 6.14. The van der Waals surface area contributed by atoms with Gasteiger partial charge in [-0.15, -0.1) is 0 Å². The maximum absolute atomic E-state index is 12.0. The number of nitrogens with one attached hydrogen (secondary N) is 1. The highest BCUT2D eigenvalue weighted by Crippen LogP contribution is 2.16. The van der Waals surface area contributed by atoms with Crippen molar-refractivity contribution in [3.63, 3.8) is 0 Å². The number of amides is 1. The fourth-order valence-electron chi connectivity index (χ4n) is 2.26. The molecule has 108 valence electrons. The molecule has 0 aliphatic rings. The minimum atomic E-state index is -0.235. The zero-order chi connectivity index (χ0) is 15.4. The van der Waals surface area contributed by atoms with Crippen LogP contribution >= 0.6 is 15.9 Å². The molecule has 0 unspecified atom stereocenters. The molecule has 4 heteroatoms. The zero-order valence-electron chi connectivity index (χ0n) is 12.3. The molecular formula is C17H17BrN2O. The minimum absolute atomic E-state index is 0.235. The molecule has 0 aliphatic carbocycles. The van der Waals surface area contributed by atoms with Crippen LogP contribution in [0.3, 0.4) is 0 Å². The van der Waals surface area contributed by atoms with Crippen molar-refractivity contribution in [1.82, 2.24) is 5.43 Å². The third-order valence-corrected chi connectivity index (χ3v) is 3.91. The topological polar surface area (TPSA) is 41.5 Å². The molecule has 0 fully saturated rings. The van der Waals surface area contributed by atoms with Crippen LogP contribution in [0.4, 0.5) is 0 Å². The van der Waals surface area contributed by atoms with Crippen molar-refractivity contribution in [2.75, 3.05) is 0 Å². The van der Waals surface area contributed by atoms with Crippen molar-refractivity contribution in [3.05, 3.63) is 68.7 Å². The van der Waals surface area contributed by atoms with E-state index in [1.54, 1.807) is 12.3 Å². The predicted octanol–water partition coefficient (Wildman–Crippen LogP) is 4.14. The second-order valence-electron chi connectivity index (χ2n) is 4.99. The van der Waals surface area contributed by atoms with Gasteiger partial charge in [0.15, 0.2) is 0 Å². The van der Waals surface area contributed by atoms with Crippen molar-refractivity contribution in [3.8, 4) is 0 Å². The first kappa shape index (κ1) is 15.4. The van der Waals surface area contributed by atoms with Crippen LogP contribution in [0.25, 0.3) is 0 Å². The lowest BCUT2D eigenvalue weighted by Crippen LogP contribution is -2.18. The van der Waals surface area contributed by atoms with Crippen molar-refractivity contribution in [2.24, 2.45) is 5.10 Å². The molecule has 0 bridgehead atoms. The van der Waals surface area contributed by atoms with Gasteiger partial charge in [-0.05, 0) is 60.0 Å². The highest BCUT2D eigenvalue weighted by atomic mass is 79.9. The number of halogens is 1. The van der Waals surface area contributed by atoms with Gasteiger partial charge >= 0.3 is 0 Å². The molecule has 0 saturated carbocycles. The first-order chi connectivity index (χ1) is 9.99. The number of benzene rings is 2. The standard InChI is InChI=1S/C17H17BrN2O/c1-11-8-12(2)15(13(3)9-11)10-19-20-17(21)14-6-4-5-7-16(14)18/h4-10H,1-3H3,(H,20,21). The number of carbonyl (C=O) groups is 1. The second-order valence-corrected chi connectivity index (χ2v) is 5.85. The van der Waals surface area contributed by atoms with E-state index < -0.39 is 0 Å². The van der Waals surface area contributed by atoms with Gasteiger partial charge in [0.25, 0.3) is 5.91 Å². The number of hydrogen-bond acceptors (Lipinski definition) is 2. The predicted molar refractivity (Wildman–Crippen MR) is 89.9 cm³/mol. The molecule has 0 spiro atoms. The Morgan fingerprint density at radius 2 is 1.76 bits per heavy atom. The van der Waals surface area contributed by atoms with Gasteiger partial charge in [0.2, 0.25) is 0 Å². The minimum Gasteiger partial charge on any atom is -0.267 e. The number of rotatable bonds is 3. The number of hydrazone groups is 1. The van der Waals surface area contributed by atoms with E-state index in [2.05, 4.69) is 45.5 Å². The first-order valence-electron chi connectivity index (χ1n) is 6.65. The van der Waals surface area contributed by atoms with Crippen LogP contribution in [0.2, 0.25) is 0 Å². The summed E-state index contributed by atoms with van der Waals surface area (Å²) in [5.41, 5.74) is 7.67. The van der Waals surface area contributed by atoms with E-state index in [1.807, 2.05) is 32.0 Å². The van der Waals surface area contributed by atoms with Crippen LogP contribution in [0.5, 0.6) is 0 Å². The van der Waals surface area contributed by atoms with E-state index in [-0.39, 0.29) is 5.91 Å². The third-order valence-electron chi connectivity index (χ3n) is 3.22. The van der Waals surface area contributed by atoms with Crippen molar-refractivity contribution < 1.29 is 4.79 Å². The molecule has 0 heterocycles. The van der Waals surface area contributed by atoms with Crippen molar-refractivity contribution in [1.29, 1.82) is 0 Å². The Balaban J connectivity index is 2.13. The molecule has 0 aromatic heterocycles. The maximum atomic E-state index is 12.0. The lowest BCUT2D eigenvalue weighted by Gasteiger charge is -2.07. The average Bonchev–Trinajstić information content (AvgIpc) is 2.42. The molecule has 2 aromatic rings. The van der Waals surface area contributed by atoms with Gasteiger partial charge in [0, 0.05) is 10.0 Å². The molecule has 2 aromatic carbocycles. The molecular weight excluding hydrogens is 328 g/mol. The lowest BCUT2D eigenvalue weighted by molar-refractivity contribution is 0.0954. The number of aryl methyl sites for hydroxylation is 3. The lowest BCUT2D eigenvalue weighted by atomic mass is 10.0. The fourth-order valence-corrected chi connectivity index (χ4v) is 2.72. The van der Waals surface area contributed by atoms with Crippen molar-refractivity contribution in [2.45, 2.75) is 20.8 Å². The molecule has 0 aliphatic heterocycles. The Bertz CT molecular complexity index is 685. The summed E-state index contributed by atoms with van der Waals surface area (Å²) in [5, 5.41) is 4.06. The summed E-state index contributed by atoms with van der Waals surface area (Å²) in [7, 11) is 0. The summed E-state index contributed by atoms with van der Waals surface area (Å²) in [6, 6.07) is 11.5. The fraction of sp³-hybridized carbons (Fsp3) is 0.176. The van der Waals surface area contributed by atoms with E-state index >= 15 is 0 Å². The van der Waals surface area contributed by atoms with Gasteiger partial charge in [0.05, 0.1) is 11.8 Å². The van der Waals surface area contributed by atoms with Gasteiger partial charge in [-0.1, -0.05) is 29.8 Å². The smallest absolute Gasteiger partial charge is 0.267 e. The maximum Gasteiger partial charge on any atom is 0.272 e. The molecule has 3 nitrogen and oxygen atoms in total. The monoisotopic (exact) mass is 344 g/mol. The van der Waals surface area contributed by atoms with E-state index in [9.17, 15) is 4.79 Å². The zero-order valence-corrected chi connectivity index (χ0v) is 13.9. The van der Waals surface area contributed by atoms with Crippen LogP contribution < -0.4 is 5.43 Å². The molecule has 0 radical (unpaired) electrons. The van der Waals surface area contributed by atoms with E-state index in [0.29, 0.717) is 5.56 Å². The van der Waals surface area contributed by atoms with Gasteiger partial charge < -0.3 is 0 Å². The largest absolute Gasteiger partial charge is 0.272 e. The Morgan fingerprint density at radius 1 is 1.14 bits per heavy atom. The van der Waals surface area contributed by atoms with Crippen LogP contribution in [-0.4, -0.2) is 12.1 Å². The van der Waals surface area contributed by atoms with Crippen LogP contribution in [-0.2, 0) is 0 Å². The van der Waals surface area contributed by atoms with Crippen LogP contribution in [0, 0.1) is 20.8 Å². The quantitative estimate of drug-likeness (QED) is 0.659. The highest BCUT2D eigenvalue weighted by Gasteiger charge is 2.07. The number of hydrogen-bond donors (Lipinski definition) is 1. The Labute approximate surface area is 133 Å². The summed E-state index contributed by atoms with van der Waals surface area (Å²) in [4.78, 5) is 12.0. The molecule has 0 atom stereocenters. The summed E-state index contributed by atoms with van der Waals surface area (Å²) in [6.07, 6.45) is 1.69. The molecule has 2 rings (SSSR count). The Kier molecular flexibility index (Phi) is 4.91. The van der Waals surface area contributed by atoms with Gasteiger partial charge in [-0.3, -0.25) is 4.79 Å². The average molecular weight is 345 g/mol. The molecule has 1 amide bonds. The molecule has 0 saturated heterocycles. The SMILES string of the molecule is Cc1cc(C)c(C=NNC(=O)c2ccccc2Br)c(C)c1. The Hall–Kier alpha value is -1.94. The second kappa shape index (κ2) is 6.68. The van der Waals surface area contributed by atoms with Crippen LogP contribution in [0.1, 0.15) is 32.6 Å². The summed E-state index contributed by atoms with van der Waals surface area (Å²) in [5.74, 6) is -0.235. The third kappa shape index (κ3) is 3.79. The molecule has 21 heavy (non-hydrogen) atoms. The van der Waals surface area contributed by atoms with E-state index in [1.165, 1.54) is 5.56 Å². The summed E-state index contributed by atoms with van der Waals surface area (Å²) < 4.78 is 0.750. The highest BCUT2D eigenvalue weighted by molar-refractivity contribution is 9.10. The summed E-state index contributed by atoms with van der Waals surface area (Å²) >= 11 is 3.35. The number of nitrogens with zero attached hydrogens (tertiary/aromatic N) is 1.